The van der Waals surface area contributed by atoms with Crippen LogP contribution in [0.3, 0.4) is 0 Å². The molecule has 1 aromatic heterocycles. The van der Waals surface area contributed by atoms with Crippen molar-refractivity contribution in [2.75, 3.05) is 19.6 Å². The number of nitrogens with two attached hydrogens (primary N) is 1. The highest BCUT2D eigenvalue weighted by molar-refractivity contribution is 6.31. The molecule has 0 radical (unpaired) electrons. The van der Waals surface area contributed by atoms with Crippen LogP contribution in [0, 0.1) is 5.41 Å². The van der Waals surface area contributed by atoms with Gasteiger partial charge < -0.3 is 5.73 Å². The Kier molecular flexibility index (Phi) is 5.10. The van der Waals surface area contributed by atoms with Gasteiger partial charge in [-0.25, -0.2) is 0 Å². The van der Waals surface area contributed by atoms with E-state index in [0.29, 0.717) is 0 Å². The van der Waals surface area contributed by atoms with Gasteiger partial charge in [-0.05, 0) is 48.7 Å². The van der Waals surface area contributed by atoms with Gasteiger partial charge >= 0.3 is 0 Å². The molecule has 114 valence electrons. The van der Waals surface area contributed by atoms with E-state index in [1.807, 2.05) is 24.4 Å². The second-order valence-electron chi connectivity index (χ2n) is 6.12. The summed E-state index contributed by atoms with van der Waals surface area (Å²) >= 11 is 6.23. The molecule has 3 nitrogen and oxygen atoms in total. The molecule has 1 unspecified atom stereocenters. The Morgan fingerprint density at radius 1 is 1.43 bits per heavy atom. The van der Waals surface area contributed by atoms with E-state index in [1.54, 1.807) is 0 Å². The molecule has 1 aromatic carbocycles. The lowest BCUT2D eigenvalue weighted by atomic mass is 9.90. The highest BCUT2D eigenvalue weighted by Crippen LogP contribution is 2.31. The minimum absolute atomic E-state index is 0. The zero-order chi connectivity index (χ0) is 14.2. The van der Waals surface area contributed by atoms with Gasteiger partial charge in [-0.3, -0.25) is 9.88 Å². The number of benzene rings is 1. The summed E-state index contributed by atoms with van der Waals surface area (Å²) in [4.78, 5) is 6.96. The topological polar surface area (TPSA) is 42.1 Å². The number of nitrogens with zero attached hydrogens (tertiary/aromatic N) is 2. The summed E-state index contributed by atoms with van der Waals surface area (Å²) in [6, 6.07) is 8.02. The molecule has 1 saturated heterocycles. The van der Waals surface area contributed by atoms with Gasteiger partial charge in [0.2, 0.25) is 0 Å². The predicted molar refractivity (Wildman–Crippen MR) is 91.1 cm³/mol. The van der Waals surface area contributed by atoms with E-state index in [2.05, 4.69) is 22.9 Å². The molecule has 1 aliphatic heterocycles. The van der Waals surface area contributed by atoms with Crippen LogP contribution in [0.5, 0.6) is 0 Å². The number of hydrogen-bond donors (Lipinski definition) is 1. The molecule has 5 heteroatoms. The first kappa shape index (κ1) is 16.5. The van der Waals surface area contributed by atoms with Crippen molar-refractivity contribution in [3.8, 4) is 0 Å². The Balaban J connectivity index is 0.00000161. The van der Waals surface area contributed by atoms with Crippen molar-refractivity contribution in [1.82, 2.24) is 9.88 Å². The van der Waals surface area contributed by atoms with Crippen molar-refractivity contribution < 1.29 is 0 Å². The molecule has 1 atom stereocenters. The van der Waals surface area contributed by atoms with E-state index < -0.39 is 0 Å². The molecule has 0 saturated carbocycles. The maximum absolute atomic E-state index is 6.23. The standard InChI is InChI=1S/C16H20ClN3.ClH/c1-16(10-18)4-6-20(11-16)9-13-8-14(17)7-12-3-2-5-19-15(12)13;/h2-3,5,7-8H,4,6,9-11,18H2,1H3;1H. The zero-order valence-electron chi connectivity index (χ0n) is 12.2. The Morgan fingerprint density at radius 3 is 2.95 bits per heavy atom. The predicted octanol–water partition coefficient (Wildman–Crippen LogP) is 3.48. The maximum atomic E-state index is 6.23. The van der Waals surface area contributed by atoms with E-state index in [-0.39, 0.29) is 17.8 Å². The van der Waals surface area contributed by atoms with Gasteiger partial charge in [-0.1, -0.05) is 24.6 Å². The minimum atomic E-state index is 0. The summed E-state index contributed by atoms with van der Waals surface area (Å²) in [7, 11) is 0. The minimum Gasteiger partial charge on any atom is -0.330 e. The maximum Gasteiger partial charge on any atom is 0.0747 e. The number of hydrogen-bond acceptors (Lipinski definition) is 3. The molecule has 21 heavy (non-hydrogen) atoms. The molecule has 0 aliphatic carbocycles. The van der Waals surface area contributed by atoms with E-state index in [1.165, 1.54) is 5.56 Å². The molecule has 1 fully saturated rings. The average molecular weight is 326 g/mol. The van der Waals surface area contributed by atoms with E-state index in [4.69, 9.17) is 17.3 Å². The highest BCUT2D eigenvalue weighted by Gasteiger charge is 2.32. The number of aromatic nitrogens is 1. The second kappa shape index (κ2) is 6.49. The van der Waals surface area contributed by atoms with E-state index in [9.17, 15) is 0 Å². The van der Waals surface area contributed by atoms with Crippen LogP contribution in [0.25, 0.3) is 10.9 Å². The monoisotopic (exact) mass is 325 g/mol. The fourth-order valence-corrected chi connectivity index (χ4v) is 3.27. The number of pyridine rings is 1. The third-order valence-electron chi connectivity index (χ3n) is 4.27. The highest BCUT2D eigenvalue weighted by atomic mass is 35.5. The first-order valence-electron chi connectivity index (χ1n) is 7.05. The van der Waals surface area contributed by atoms with Gasteiger partial charge in [0.1, 0.15) is 0 Å². The van der Waals surface area contributed by atoms with Crippen LogP contribution >= 0.6 is 24.0 Å². The first-order chi connectivity index (χ1) is 9.59. The smallest absolute Gasteiger partial charge is 0.0747 e. The Bertz CT molecular complexity index is 632. The van der Waals surface area contributed by atoms with E-state index in [0.717, 1.165) is 48.5 Å². The van der Waals surface area contributed by atoms with Crippen molar-refractivity contribution >= 4 is 34.9 Å². The Labute approximate surface area is 136 Å². The number of likely N-dealkylation sites (tertiary alicyclic amines) is 1. The quantitative estimate of drug-likeness (QED) is 0.939. The number of fused-ring (bicyclic) bond motifs is 1. The van der Waals surface area contributed by atoms with Crippen LogP contribution in [0.15, 0.2) is 30.5 Å². The summed E-state index contributed by atoms with van der Waals surface area (Å²) < 4.78 is 0. The normalized spacial score (nSPS) is 22.4. The van der Waals surface area contributed by atoms with Crippen molar-refractivity contribution in [3.05, 3.63) is 41.0 Å². The molecule has 1 aliphatic rings. The molecular formula is C16H21Cl2N3. The summed E-state index contributed by atoms with van der Waals surface area (Å²) in [5.41, 5.74) is 8.39. The Hall–Kier alpha value is -0.870. The van der Waals surface area contributed by atoms with Gasteiger partial charge in [0.25, 0.3) is 0 Å². The van der Waals surface area contributed by atoms with Gasteiger partial charge in [-0.15, -0.1) is 12.4 Å². The summed E-state index contributed by atoms with van der Waals surface area (Å²) in [5.74, 6) is 0. The molecule has 0 amide bonds. The summed E-state index contributed by atoms with van der Waals surface area (Å²) in [5, 5.41) is 1.89. The molecule has 2 N–H and O–H groups in total. The van der Waals surface area contributed by atoms with Gasteiger partial charge in [0.05, 0.1) is 5.52 Å². The second-order valence-corrected chi connectivity index (χ2v) is 6.55. The van der Waals surface area contributed by atoms with Crippen LogP contribution in [0.1, 0.15) is 18.9 Å². The third-order valence-corrected chi connectivity index (χ3v) is 4.49. The lowest BCUT2D eigenvalue weighted by molar-refractivity contribution is 0.275. The third kappa shape index (κ3) is 3.49. The fraction of sp³-hybridized carbons (Fsp3) is 0.438. The van der Waals surface area contributed by atoms with Crippen LogP contribution in [0.2, 0.25) is 5.02 Å². The largest absolute Gasteiger partial charge is 0.330 e. The molecule has 2 aromatic rings. The van der Waals surface area contributed by atoms with Crippen LogP contribution < -0.4 is 5.73 Å². The van der Waals surface area contributed by atoms with Crippen molar-refractivity contribution in [1.29, 1.82) is 0 Å². The number of rotatable bonds is 3. The molecule has 3 rings (SSSR count). The summed E-state index contributed by atoms with van der Waals surface area (Å²) in [6.07, 6.45) is 3.00. The Morgan fingerprint density at radius 2 is 2.24 bits per heavy atom. The van der Waals surface area contributed by atoms with Crippen molar-refractivity contribution in [3.63, 3.8) is 0 Å². The summed E-state index contributed by atoms with van der Waals surface area (Å²) in [6.45, 7) is 6.04. The number of halogens is 2. The molecule has 0 spiro atoms. The van der Waals surface area contributed by atoms with Crippen LogP contribution in [0.4, 0.5) is 0 Å². The fourth-order valence-electron chi connectivity index (χ4n) is 3.02. The zero-order valence-corrected chi connectivity index (χ0v) is 13.8. The lowest BCUT2D eigenvalue weighted by Gasteiger charge is -2.23. The SMILES string of the molecule is CC1(CN)CCN(Cc2cc(Cl)cc3cccnc23)C1.Cl. The molecular weight excluding hydrogens is 305 g/mol. The first-order valence-corrected chi connectivity index (χ1v) is 7.43. The van der Waals surface area contributed by atoms with Gasteiger partial charge in [0, 0.05) is 29.7 Å². The van der Waals surface area contributed by atoms with Gasteiger partial charge in [0.15, 0.2) is 0 Å². The lowest BCUT2D eigenvalue weighted by Crippen LogP contribution is -2.31. The molecule has 0 bridgehead atoms. The van der Waals surface area contributed by atoms with Crippen molar-refractivity contribution in [2.24, 2.45) is 11.1 Å². The van der Waals surface area contributed by atoms with Crippen molar-refractivity contribution in [2.45, 2.75) is 19.9 Å². The van der Waals surface area contributed by atoms with Crippen LogP contribution in [-0.4, -0.2) is 29.5 Å². The molecule has 2 heterocycles. The average Bonchev–Trinajstić information content (AvgIpc) is 2.81. The van der Waals surface area contributed by atoms with E-state index >= 15 is 0 Å². The van der Waals surface area contributed by atoms with Crippen LogP contribution in [-0.2, 0) is 6.54 Å². The van der Waals surface area contributed by atoms with Gasteiger partial charge in [-0.2, -0.15) is 0 Å².